The summed E-state index contributed by atoms with van der Waals surface area (Å²) >= 11 is 0. The number of hydrogen-bond donors (Lipinski definition) is 0. The molecule has 1 unspecified atom stereocenters. The zero-order valence-corrected chi connectivity index (χ0v) is 16.8. The maximum Gasteiger partial charge on any atom is 0.243 e. The number of carbonyl (C=O) groups is 1. The van der Waals surface area contributed by atoms with E-state index in [1.165, 1.54) is 10.6 Å². The molecule has 0 aromatic heterocycles. The lowest BCUT2D eigenvalue weighted by molar-refractivity contribution is -0.133. The lowest BCUT2D eigenvalue weighted by Crippen LogP contribution is -2.49. The molecule has 5 nitrogen and oxygen atoms in total. The highest BCUT2D eigenvalue weighted by Crippen LogP contribution is 2.29. The zero-order chi connectivity index (χ0) is 18.8. The minimum Gasteiger partial charge on any atom is -0.338 e. The Bertz CT molecular complexity index is 720. The second-order valence-corrected chi connectivity index (χ2v) is 9.07. The van der Waals surface area contributed by atoms with Gasteiger partial charge < -0.3 is 4.90 Å². The summed E-state index contributed by atoms with van der Waals surface area (Å²) in [6, 6.07) is 4.14. The lowest BCUT2D eigenvalue weighted by atomic mass is 10.00. The molecule has 6 heteroatoms. The van der Waals surface area contributed by atoms with Crippen molar-refractivity contribution in [3.8, 4) is 0 Å². The van der Waals surface area contributed by atoms with Crippen LogP contribution < -0.4 is 4.31 Å². The Morgan fingerprint density at radius 2 is 1.80 bits per heavy atom. The van der Waals surface area contributed by atoms with Crippen molar-refractivity contribution in [2.45, 2.75) is 59.4 Å². The standard InChI is InChI=1S/C19H30N2O3S/c1-6-17-9-7-8-10-20(17)18(22)13-21(25(5,23)24)19-15(3)11-14(2)12-16(19)4/h11-12,17H,6-10,13H2,1-5H3. The largest absolute Gasteiger partial charge is 0.338 e. The van der Waals surface area contributed by atoms with Crippen LogP contribution in [0.5, 0.6) is 0 Å². The molecular weight excluding hydrogens is 336 g/mol. The normalized spacial score (nSPS) is 18.3. The van der Waals surface area contributed by atoms with Gasteiger partial charge in [0, 0.05) is 12.6 Å². The molecule has 0 bridgehead atoms. The third-order valence-corrected chi connectivity index (χ3v) is 6.10. The Morgan fingerprint density at radius 1 is 1.20 bits per heavy atom. The van der Waals surface area contributed by atoms with Gasteiger partial charge in [-0.1, -0.05) is 24.6 Å². The quantitative estimate of drug-likeness (QED) is 0.804. The SMILES string of the molecule is CCC1CCCCN1C(=O)CN(c1c(C)cc(C)cc1C)S(C)(=O)=O. The van der Waals surface area contributed by atoms with Gasteiger partial charge in [0.1, 0.15) is 6.54 Å². The Hall–Kier alpha value is -1.56. The van der Waals surface area contributed by atoms with Crippen LogP contribution in [0.4, 0.5) is 5.69 Å². The van der Waals surface area contributed by atoms with Gasteiger partial charge in [0.25, 0.3) is 0 Å². The summed E-state index contributed by atoms with van der Waals surface area (Å²) in [4.78, 5) is 14.8. The first-order valence-electron chi connectivity index (χ1n) is 9.00. The van der Waals surface area contributed by atoms with Gasteiger partial charge in [0.2, 0.25) is 15.9 Å². The number of piperidine rings is 1. The summed E-state index contributed by atoms with van der Waals surface area (Å²) in [5.74, 6) is -0.101. The van der Waals surface area contributed by atoms with Crippen molar-refractivity contribution in [2.75, 3.05) is 23.7 Å². The fourth-order valence-electron chi connectivity index (χ4n) is 3.89. The number of amides is 1. The van der Waals surface area contributed by atoms with Crippen LogP contribution in [0.2, 0.25) is 0 Å². The van der Waals surface area contributed by atoms with Gasteiger partial charge in [0.15, 0.2) is 0 Å². The molecule has 1 saturated heterocycles. The van der Waals surface area contributed by atoms with E-state index >= 15 is 0 Å². The van der Waals surface area contributed by atoms with Crippen molar-refractivity contribution in [1.29, 1.82) is 0 Å². The zero-order valence-electron chi connectivity index (χ0n) is 16.0. The Balaban J connectivity index is 2.36. The molecule has 1 amide bonds. The first-order valence-corrected chi connectivity index (χ1v) is 10.8. The highest BCUT2D eigenvalue weighted by atomic mass is 32.2. The predicted molar refractivity (Wildman–Crippen MR) is 102 cm³/mol. The average molecular weight is 367 g/mol. The molecule has 1 heterocycles. The third kappa shape index (κ3) is 4.54. The van der Waals surface area contributed by atoms with Crippen molar-refractivity contribution in [3.63, 3.8) is 0 Å². The summed E-state index contributed by atoms with van der Waals surface area (Å²) in [7, 11) is -3.55. The molecule has 2 rings (SSSR count). The molecule has 1 aliphatic heterocycles. The summed E-state index contributed by atoms with van der Waals surface area (Å²) in [5, 5.41) is 0. The van der Waals surface area contributed by atoms with Crippen LogP contribution in [0.1, 0.15) is 49.3 Å². The molecule has 0 N–H and O–H groups in total. The average Bonchev–Trinajstić information content (AvgIpc) is 2.51. The smallest absolute Gasteiger partial charge is 0.243 e. The molecule has 1 aromatic rings. The van der Waals surface area contributed by atoms with Crippen molar-refractivity contribution in [1.82, 2.24) is 4.90 Å². The number of carbonyl (C=O) groups excluding carboxylic acids is 1. The topological polar surface area (TPSA) is 57.7 Å². The van der Waals surface area contributed by atoms with Crippen LogP contribution in [0.25, 0.3) is 0 Å². The van der Waals surface area contributed by atoms with E-state index in [0.29, 0.717) is 5.69 Å². The molecule has 0 radical (unpaired) electrons. The molecule has 1 aliphatic rings. The van der Waals surface area contributed by atoms with Gasteiger partial charge >= 0.3 is 0 Å². The number of nitrogens with zero attached hydrogens (tertiary/aromatic N) is 2. The Labute approximate surface area is 152 Å². The minimum atomic E-state index is -3.55. The Kier molecular flexibility index (Phi) is 6.14. The van der Waals surface area contributed by atoms with Crippen molar-refractivity contribution < 1.29 is 13.2 Å². The number of anilines is 1. The molecule has 0 aliphatic carbocycles. The molecule has 1 aromatic carbocycles. The van der Waals surface area contributed by atoms with Gasteiger partial charge in [0.05, 0.1) is 11.9 Å². The monoisotopic (exact) mass is 366 g/mol. The minimum absolute atomic E-state index is 0.101. The van der Waals surface area contributed by atoms with Crippen LogP contribution in [0.15, 0.2) is 12.1 Å². The van der Waals surface area contributed by atoms with E-state index in [0.717, 1.165) is 48.9 Å². The highest BCUT2D eigenvalue weighted by molar-refractivity contribution is 7.92. The summed E-state index contributed by atoms with van der Waals surface area (Å²) in [6.07, 6.45) is 5.21. The van der Waals surface area contributed by atoms with Crippen molar-refractivity contribution in [3.05, 3.63) is 28.8 Å². The number of sulfonamides is 1. The number of likely N-dealkylation sites (tertiary alicyclic amines) is 1. The number of hydrogen-bond acceptors (Lipinski definition) is 3. The van der Waals surface area contributed by atoms with E-state index in [9.17, 15) is 13.2 Å². The van der Waals surface area contributed by atoms with E-state index in [1.807, 2.05) is 37.8 Å². The fraction of sp³-hybridized carbons (Fsp3) is 0.632. The predicted octanol–water partition coefficient (Wildman–Crippen LogP) is 3.17. The molecule has 140 valence electrons. The second-order valence-electron chi connectivity index (χ2n) is 7.16. The Morgan fingerprint density at radius 3 is 2.32 bits per heavy atom. The van der Waals surface area contributed by atoms with E-state index in [1.54, 1.807) is 0 Å². The molecular formula is C19H30N2O3S. The maximum atomic E-state index is 12.9. The first-order chi connectivity index (χ1) is 11.6. The molecule has 0 spiro atoms. The summed E-state index contributed by atoms with van der Waals surface area (Å²) in [5.41, 5.74) is 3.47. The highest BCUT2D eigenvalue weighted by Gasteiger charge is 2.30. The van der Waals surface area contributed by atoms with E-state index in [-0.39, 0.29) is 18.5 Å². The van der Waals surface area contributed by atoms with Crippen LogP contribution in [-0.4, -0.2) is 44.6 Å². The van der Waals surface area contributed by atoms with E-state index in [2.05, 4.69) is 6.92 Å². The van der Waals surface area contributed by atoms with Gasteiger partial charge in [-0.2, -0.15) is 0 Å². The maximum absolute atomic E-state index is 12.9. The van der Waals surface area contributed by atoms with Crippen molar-refractivity contribution in [2.24, 2.45) is 0 Å². The van der Waals surface area contributed by atoms with Crippen LogP contribution in [-0.2, 0) is 14.8 Å². The van der Waals surface area contributed by atoms with Gasteiger partial charge in [-0.25, -0.2) is 8.42 Å². The molecule has 0 saturated carbocycles. The first kappa shape index (κ1) is 19.8. The molecule has 25 heavy (non-hydrogen) atoms. The number of aryl methyl sites for hydroxylation is 3. The van der Waals surface area contributed by atoms with Gasteiger partial charge in [-0.3, -0.25) is 9.10 Å². The summed E-state index contributed by atoms with van der Waals surface area (Å²) < 4.78 is 26.2. The number of rotatable bonds is 5. The fourth-order valence-corrected chi connectivity index (χ4v) is 4.86. The molecule has 1 fully saturated rings. The van der Waals surface area contributed by atoms with E-state index in [4.69, 9.17) is 0 Å². The lowest BCUT2D eigenvalue weighted by Gasteiger charge is -2.37. The van der Waals surface area contributed by atoms with Gasteiger partial charge in [-0.05, 0) is 57.6 Å². The second kappa shape index (κ2) is 7.77. The van der Waals surface area contributed by atoms with Crippen LogP contribution >= 0.6 is 0 Å². The van der Waals surface area contributed by atoms with Crippen molar-refractivity contribution >= 4 is 21.6 Å². The van der Waals surface area contributed by atoms with E-state index < -0.39 is 10.0 Å². The van der Waals surface area contributed by atoms with Crippen LogP contribution in [0.3, 0.4) is 0 Å². The third-order valence-electron chi connectivity index (χ3n) is 4.98. The summed E-state index contributed by atoms with van der Waals surface area (Å²) in [6.45, 7) is 8.46. The number of benzene rings is 1. The van der Waals surface area contributed by atoms with Gasteiger partial charge in [-0.15, -0.1) is 0 Å². The molecule has 1 atom stereocenters. The van der Waals surface area contributed by atoms with Crippen LogP contribution in [0, 0.1) is 20.8 Å².